The second-order valence-corrected chi connectivity index (χ2v) is 3.51. The van der Waals surface area contributed by atoms with Gasteiger partial charge in [-0.2, -0.15) is 0 Å². The van der Waals surface area contributed by atoms with Crippen molar-refractivity contribution in [1.82, 2.24) is 4.90 Å². The van der Waals surface area contributed by atoms with E-state index in [1.807, 2.05) is 0 Å². The smallest absolute Gasteiger partial charge is 0.319 e. The van der Waals surface area contributed by atoms with Crippen molar-refractivity contribution in [2.45, 2.75) is 32.1 Å². The van der Waals surface area contributed by atoms with E-state index in [1.165, 1.54) is 19.3 Å². The fourth-order valence-electron chi connectivity index (χ4n) is 1.52. The van der Waals surface area contributed by atoms with Crippen LogP contribution in [0.2, 0.25) is 0 Å². The number of hydrogen-bond donors (Lipinski definition) is 0. The Morgan fingerprint density at radius 3 is 2.42 bits per heavy atom. The van der Waals surface area contributed by atoms with Crippen LogP contribution in [-0.4, -0.2) is 29.7 Å². The molecule has 0 spiro atoms. The van der Waals surface area contributed by atoms with Crippen molar-refractivity contribution in [3.63, 3.8) is 0 Å². The molecule has 3 nitrogen and oxygen atoms in total. The predicted molar refractivity (Wildman–Crippen MR) is 47.5 cm³/mol. The molecule has 0 bridgehead atoms. The first kappa shape index (κ1) is 7.77. The topological polar surface area (TPSA) is 32.4 Å². The highest BCUT2D eigenvalue weighted by Crippen LogP contribution is 2.16. The first-order valence-electron chi connectivity index (χ1n) is 4.71. The largest absolute Gasteiger partial charge is 0.343 e. The van der Waals surface area contributed by atoms with Crippen LogP contribution >= 0.6 is 0 Å². The fraction of sp³-hybridized carbons (Fsp3) is 0.778. The third kappa shape index (κ3) is 1.84. The summed E-state index contributed by atoms with van der Waals surface area (Å²) < 4.78 is 0. The highest BCUT2D eigenvalue weighted by Gasteiger charge is 2.23. The molecule has 0 radical (unpaired) electrons. The molecule has 0 atom stereocenters. The van der Waals surface area contributed by atoms with Gasteiger partial charge in [-0.1, -0.05) is 6.42 Å². The summed E-state index contributed by atoms with van der Waals surface area (Å²) in [5, 5.41) is 0. The first-order valence-corrected chi connectivity index (χ1v) is 4.71. The van der Waals surface area contributed by atoms with Crippen LogP contribution in [0.5, 0.6) is 0 Å². The molecule has 2 rings (SSSR count). The van der Waals surface area contributed by atoms with Gasteiger partial charge in [0, 0.05) is 18.8 Å². The van der Waals surface area contributed by atoms with Crippen LogP contribution in [0.4, 0.5) is 4.79 Å². The van der Waals surface area contributed by atoms with Crippen LogP contribution in [0.15, 0.2) is 4.99 Å². The normalized spacial score (nSPS) is 22.3. The van der Waals surface area contributed by atoms with Gasteiger partial charge < -0.3 is 4.90 Å². The number of urea groups is 1. The fourth-order valence-corrected chi connectivity index (χ4v) is 1.52. The maximum atomic E-state index is 11.2. The molecular formula is C9H14N2O. The Bertz CT molecular complexity index is 211. The Morgan fingerprint density at radius 2 is 1.83 bits per heavy atom. The zero-order chi connectivity index (χ0) is 8.39. The quantitative estimate of drug-likeness (QED) is 0.505. The first-order chi connectivity index (χ1) is 5.86. The molecular weight excluding hydrogens is 152 g/mol. The minimum absolute atomic E-state index is 0.00750. The van der Waals surface area contributed by atoms with Crippen molar-refractivity contribution < 1.29 is 4.79 Å². The maximum absolute atomic E-state index is 11.2. The molecule has 2 amide bonds. The minimum atomic E-state index is -0.00750. The number of carbonyl (C=O) groups is 1. The number of nitrogens with zero attached hydrogens (tertiary/aromatic N) is 2. The van der Waals surface area contributed by atoms with Gasteiger partial charge in [-0.3, -0.25) is 0 Å². The van der Waals surface area contributed by atoms with E-state index >= 15 is 0 Å². The molecule has 1 saturated heterocycles. The number of hydrogen-bond acceptors (Lipinski definition) is 1. The van der Waals surface area contributed by atoms with Gasteiger partial charge in [0.25, 0.3) is 0 Å². The van der Waals surface area contributed by atoms with E-state index in [1.54, 1.807) is 4.90 Å². The summed E-state index contributed by atoms with van der Waals surface area (Å²) in [4.78, 5) is 17.1. The zero-order valence-electron chi connectivity index (χ0n) is 7.25. The highest BCUT2D eigenvalue weighted by atomic mass is 16.2. The third-order valence-corrected chi connectivity index (χ3v) is 2.40. The zero-order valence-corrected chi connectivity index (χ0v) is 7.25. The third-order valence-electron chi connectivity index (χ3n) is 2.40. The summed E-state index contributed by atoms with van der Waals surface area (Å²) in [5.41, 5.74) is 1.12. The van der Waals surface area contributed by atoms with E-state index in [4.69, 9.17) is 0 Å². The number of carbonyl (C=O) groups excluding carboxylic acids is 1. The summed E-state index contributed by atoms with van der Waals surface area (Å²) in [6.45, 7) is 1.82. The van der Waals surface area contributed by atoms with E-state index in [2.05, 4.69) is 4.99 Å². The molecule has 0 aromatic heterocycles. The molecule has 66 valence electrons. The van der Waals surface area contributed by atoms with Gasteiger partial charge in [-0.25, -0.2) is 9.79 Å². The lowest BCUT2D eigenvalue weighted by Crippen LogP contribution is -2.11. The van der Waals surface area contributed by atoms with Gasteiger partial charge in [0.05, 0.1) is 0 Å². The summed E-state index contributed by atoms with van der Waals surface area (Å²) in [6, 6.07) is -0.00750. The van der Waals surface area contributed by atoms with E-state index in [0.717, 1.165) is 31.6 Å². The standard InChI is InChI=1S/C9H14N2O/c12-9(11-6-7-11)10-8-4-2-1-3-5-8/h1-7H2. The van der Waals surface area contributed by atoms with Gasteiger partial charge in [-0.15, -0.1) is 0 Å². The molecule has 1 aliphatic carbocycles. The molecule has 0 aromatic rings. The Hall–Kier alpha value is -0.860. The summed E-state index contributed by atoms with van der Waals surface area (Å²) in [7, 11) is 0. The molecule has 0 unspecified atom stereocenters. The molecule has 1 heterocycles. The van der Waals surface area contributed by atoms with E-state index in [0.29, 0.717) is 0 Å². The lowest BCUT2D eigenvalue weighted by Gasteiger charge is -2.11. The molecule has 12 heavy (non-hydrogen) atoms. The van der Waals surface area contributed by atoms with Crippen LogP contribution in [0.3, 0.4) is 0 Å². The Labute approximate surface area is 72.5 Å². The monoisotopic (exact) mass is 166 g/mol. The van der Waals surface area contributed by atoms with Gasteiger partial charge in [0.15, 0.2) is 0 Å². The van der Waals surface area contributed by atoms with Crippen LogP contribution in [0.1, 0.15) is 32.1 Å². The Kier molecular flexibility index (Phi) is 2.11. The van der Waals surface area contributed by atoms with Crippen molar-refractivity contribution in [2.75, 3.05) is 13.1 Å². The van der Waals surface area contributed by atoms with Crippen molar-refractivity contribution >= 4 is 11.7 Å². The Balaban J connectivity index is 1.91. The summed E-state index contributed by atoms with van der Waals surface area (Å²) in [6.07, 6.45) is 5.81. The van der Waals surface area contributed by atoms with Crippen molar-refractivity contribution in [2.24, 2.45) is 4.99 Å². The van der Waals surface area contributed by atoms with Crippen LogP contribution < -0.4 is 0 Å². The highest BCUT2D eigenvalue weighted by molar-refractivity contribution is 5.95. The van der Waals surface area contributed by atoms with Crippen LogP contribution in [0, 0.1) is 0 Å². The number of rotatable bonds is 0. The van der Waals surface area contributed by atoms with Gasteiger partial charge in [0.1, 0.15) is 0 Å². The van der Waals surface area contributed by atoms with Crippen molar-refractivity contribution in [3.05, 3.63) is 0 Å². The summed E-state index contributed by atoms with van der Waals surface area (Å²) >= 11 is 0. The molecule has 0 aromatic carbocycles. The van der Waals surface area contributed by atoms with Gasteiger partial charge >= 0.3 is 6.03 Å². The average molecular weight is 166 g/mol. The lowest BCUT2D eigenvalue weighted by molar-refractivity contribution is 0.238. The summed E-state index contributed by atoms with van der Waals surface area (Å²) in [5.74, 6) is 0. The van der Waals surface area contributed by atoms with Crippen LogP contribution in [-0.2, 0) is 0 Å². The molecule has 1 aliphatic heterocycles. The second-order valence-electron chi connectivity index (χ2n) is 3.51. The molecule has 2 fully saturated rings. The minimum Gasteiger partial charge on any atom is -0.319 e. The Morgan fingerprint density at radius 1 is 1.17 bits per heavy atom. The number of aliphatic imine (C=N–C) groups is 1. The molecule has 3 heteroatoms. The van der Waals surface area contributed by atoms with E-state index < -0.39 is 0 Å². The van der Waals surface area contributed by atoms with Crippen molar-refractivity contribution in [1.29, 1.82) is 0 Å². The van der Waals surface area contributed by atoms with E-state index in [9.17, 15) is 4.79 Å². The average Bonchev–Trinajstić information content (AvgIpc) is 2.88. The van der Waals surface area contributed by atoms with Gasteiger partial charge in [0.2, 0.25) is 0 Å². The molecule has 2 aliphatic rings. The molecule has 1 saturated carbocycles. The second kappa shape index (κ2) is 3.25. The predicted octanol–water partition coefficient (Wildman–Crippen LogP) is 1.83. The molecule has 0 N–H and O–H groups in total. The van der Waals surface area contributed by atoms with Gasteiger partial charge in [-0.05, 0) is 25.7 Å². The maximum Gasteiger partial charge on any atom is 0.343 e. The van der Waals surface area contributed by atoms with Crippen molar-refractivity contribution in [3.8, 4) is 0 Å². The van der Waals surface area contributed by atoms with Crippen LogP contribution in [0.25, 0.3) is 0 Å². The number of amides is 2. The van der Waals surface area contributed by atoms with E-state index in [-0.39, 0.29) is 6.03 Å². The SMILES string of the molecule is O=C(N=C1CCCCC1)N1CC1. The lowest BCUT2D eigenvalue weighted by atomic mass is 9.99.